The number of aryl methyl sites for hydroxylation is 1. The van der Waals surface area contributed by atoms with Crippen molar-refractivity contribution in [3.8, 4) is 0 Å². The van der Waals surface area contributed by atoms with Crippen molar-refractivity contribution in [2.75, 3.05) is 0 Å². The molecule has 0 saturated heterocycles. The Morgan fingerprint density at radius 2 is 2.14 bits per heavy atom. The Balaban J connectivity index is 2.64. The van der Waals surface area contributed by atoms with Crippen molar-refractivity contribution in [1.82, 2.24) is 9.78 Å². The van der Waals surface area contributed by atoms with Gasteiger partial charge in [0.2, 0.25) is 0 Å². The molecule has 1 aromatic heterocycles. The highest BCUT2D eigenvalue weighted by atomic mass is 35.5. The summed E-state index contributed by atoms with van der Waals surface area (Å²) in [6.45, 7) is 4.27. The lowest BCUT2D eigenvalue weighted by atomic mass is 10.0. The number of hydrogen-bond donors (Lipinski definition) is 1. The quantitative estimate of drug-likeness (QED) is 0.840. The summed E-state index contributed by atoms with van der Waals surface area (Å²) < 4.78 is 1.63. The molecule has 0 amide bonds. The number of hydrogen-bond acceptors (Lipinski definition) is 2. The van der Waals surface area contributed by atoms with Crippen molar-refractivity contribution in [1.29, 1.82) is 0 Å². The molecule has 0 aliphatic heterocycles. The van der Waals surface area contributed by atoms with Gasteiger partial charge in [-0.2, -0.15) is 5.10 Å². The Morgan fingerprint density at radius 3 is 2.57 bits per heavy atom. The molecule has 0 bridgehead atoms. The van der Waals surface area contributed by atoms with E-state index in [2.05, 4.69) is 18.9 Å². The van der Waals surface area contributed by atoms with Crippen LogP contribution in [-0.4, -0.2) is 14.9 Å². The normalized spacial score (nSPS) is 13.6. The van der Waals surface area contributed by atoms with Gasteiger partial charge < -0.3 is 5.11 Å². The topological polar surface area (TPSA) is 38.1 Å². The zero-order chi connectivity index (χ0) is 10.7. The summed E-state index contributed by atoms with van der Waals surface area (Å²) >= 11 is 5.91. The molecule has 14 heavy (non-hydrogen) atoms. The highest BCUT2D eigenvalue weighted by Crippen LogP contribution is 2.26. The van der Waals surface area contributed by atoms with Gasteiger partial charge >= 0.3 is 0 Å². The van der Waals surface area contributed by atoms with E-state index in [1.807, 2.05) is 0 Å². The van der Waals surface area contributed by atoms with Crippen LogP contribution in [0.3, 0.4) is 0 Å². The van der Waals surface area contributed by atoms with Gasteiger partial charge in [0.05, 0.1) is 23.0 Å². The van der Waals surface area contributed by atoms with Crippen molar-refractivity contribution >= 4 is 11.6 Å². The maximum atomic E-state index is 9.87. The van der Waals surface area contributed by atoms with Crippen LogP contribution < -0.4 is 0 Å². The molecule has 3 nitrogen and oxygen atoms in total. The van der Waals surface area contributed by atoms with E-state index in [1.165, 1.54) is 0 Å². The van der Waals surface area contributed by atoms with E-state index >= 15 is 0 Å². The van der Waals surface area contributed by atoms with Gasteiger partial charge in [-0.15, -0.1) is 0 Å². The van der Waals surface area contributed by atoms with E-state index in [1.54, 1.807) is 17.9 Å². The zero-order valence-corrected chi connectivity index (χ0v) is 9.62. The Morgan fingerprint density at radius 1 is 1.50 bits per heavy atom. The van der Waals surface area contributed by atoms with E-state index in [-0.39, 0.29) is 0 Å². The fraction of sp³-hybridized carbons (Fsp3) is 0.700. The molecular weight excluding hydrogens is 200 g/mol. The molecule has 0 spiro atoms. The van der Waals surface area contributed by atoms with E-state index in [9.17, 15) is 5.11 Å². The number of halogens is 1. The molecule has 1 unspecified atom stereocenters. The van der Waals surface area contributed by atoms with Crippen LogP contribution in [0.25, 0.3) is 0 Å². The minimum atomic E-state index is -0.502. The van der Waals surface area contributed by atoms with Gasteiger partial charge in [0.1, 0.15) is 0 Å². The van der Waals surface area contributed by atoms with Crippen LogP contribution in [0.15, 0.2) is 6.20 Å². The maximum absolute atomic E-state index is 9.87. The number of aliphatic hydroxyl groups is 1. The summed E-state index contributed by atoms with van der Waals surface area (Å²) in [5.74, 6) is 0.594. The molecule has 1 N–H and O–H groups in total. The Kier molecular flexibility index (Phi) is 3.96. The monoisotopic (exact) mass is 216 g/mol. The van der Waals surface area contributed by atoms with Crippen molar-refractivity contribution in [3.63, 3.8) is 0 Å². The summed E-state index contributed by atoms with van der Waals surface area (Å²) in [7, 11) is 1.79. The molecule has 1 rings (SSSR count). The van der Waals surface area contributed by atoms with Crippen molar-refractivity contribution in [2.45, 2.75) is 32.8 Å². The van der Waals surface area contributed by atoms with Crippen LogP contribution in [0.1, 0.15) is 38.5 Å². The Bertz CT molecular complexity index is 277. The number of nitrogens with zero attached hydrogens (tertiary/aromatic N) is 2. The van der Waals surface area contributed by atoms with Crippen molar-refractivity contribution < 1.29 is 5.11 Å². The van der Waals surface area contributed by atoms with Gasteiger partial charge in [-0.05, 0) is 18.8 Å². The highest BCUT2D eigenvalue weighted by Gasteiger charge is 2.16. The first-order valence-corrected chi connectivity index (χ1v) is 5.25. The Hall–Kier alpha value is -0.540. The third-order valence-electron chi connectivity index (χ3n) is 2.27. The standard InChI is InChI=1S/C10H17ClN2O/c1-7(2)4-5-9(14)10-8(11)6-12-13(10)3/h6-7,9,14H,4-5H2,1-3H3. The Labute approximate surface area is 89.7 Å². The van der Waals surface area contributed by atoms with E-state index in [4.69, 9.17) is 11.6 Å². The lowest BCUT2D eigenvalue weighted by molar-refractivity contribution is 0.150. The zero-order valence-electron chi connectivity index (χ0n) is 8.87. The second kappa shape index (κ2) is 4.80. The fourth-order valence-electron chi connectivity index (χ4n) is 1.42. The van der Waals surface area contributed by atoms with Gasteiger partial charge in [-0.1, -0.05) is 25.4 Å². The van der Waals surface area contributed by atoms with Gasteiger partial charge in [-0.25, -0.2) is 0 Å². The summed E-state index contributed by atoms with van der Waals surface area (Å²) in [5, 5.41) is 14.4. The average Bonchev–Trinajstić information content (AvgIpc) is 2.42. The van der Waals surface area contributed by atoms with Crippen LogP contribution in [0.5, 0.6) is 0 Å². The first-order chi connectivity index (χ1) is 6.52. The van der Waals surface area contributed by atoms with E-state index < -0.39 is 6.10 Å². The SMILES string of the molecule is CC(C)CCC(O)c1c(Cl)cnn1C. The average molecular weight is 217 g/mol. The lowest BCUT2D eigenvalue weighted by Gasteiger charge is -2.12. The predicted molar refractivity (Wildman–Crippen MR) is 57.2 cm³/mol. The highest BCUT2D eigenvalue weighted by molar-refractivity contribution is 6.31. The van der Waals surface area contributed by atoms with Crippen LogP contribution in [0.2, 0.25) is 5.02 Å². The summed E-state index contributed by atoms with van der Waals surface area (Å²) in [6.07, 6.45) is 2.78. The molecule has 1 aromatic rings. The molecule has 1 atom stereocenters. The smallest absolute Gasteiger partial charge is 0.0971 e. The largest absolute Gasteiger partial charge is 0.387 e. The minimum absolute atomic E-state index is 0.502. The van der Waals surface area contributed by atoms with Gasteiger partial charge in [0.25, 0.3) is 0 Å². The van der Waals surface area contributed by atoms with Gasteiger partial charge in [-0.3, -0.25) is 4.68 Å². The number of aromatic nitrogens is 2. The first kappa shape index (κ1) is 11.5. The maximum Gasteiger partial charge on any atom is 0.0971 e. The van der Waals surface area contributed by atoms with E-state index in [0.29, 0.717) is 16.6 Å². The number of aliphatic hydroxyl groups excluding tert-OH is 1. The molecular formula is C10H17ClN2O. The first-order valence-electron chi connectivity index (χ1n) is 4.87. The summed E-state index contributed by atoms with van der Waals surface area (Å²) in [5.41, 5.74) is 0.715. The number of rotatable bonds is 4. The van der Waals surface area contributed by atoms with Gasteiger partial charge in [0.15, 0.2) is 0 Å². The summed E-state index contributed by atoms with van der Waals surface area (Å²) in [4.78, 5) is 0. The molecule has 0 aliphatic rings. The molecule has 0 fully saturated rings. The van der Waals surface area contributed by atoms with Gasteiger partial charge in [0, 0.05) is 7.05 Å². The fourth-order valence-corrected chi connectivity index (χ4v) is 1.71. The molecule has 0 aromatic carbocycles. The molecule has 4 heteroatoms. The second-order valence-corrected chi connectivity index (χ2v) is 4.40. The molecule has 1 heterocycles. The molecule has 80 valence electrons. The van der Waals surface area contributed by atoms with Crippen LogP contribution in [-0.2, 0) is 7.05 Å². The lowest BCUT2D eigenvalue weighted by Crippen LogP contribution is -2.06. The summed E-state index contributed by atoms with van der Waals surface area (Å²) in [6, 6.07) is 0. The van der Waals surface area contributed by atoms with Crippen LogP contribution >= 0.6 is 11.6 Å². The molecule has 0 radical (unpaired) electrons. The third kappa shape index (κ3) is 2.72. The predicted octanol–water partition coefficient (Wildman–Crippen LogP) is 2.54. The van der Waals surface area contributed by atoms with Crippen LogP contribution in [0, 0.1) is 5.92 Å². The minimum Gasteiger partial charge on any atom is -0.387 e. The van der Waals surface area contributed by atoms with Crippen LogP contribution in [0.4, 0.5) is 0 Å². The molecule has 0 saturated carbocycles. The third-order valence-corrected chi connectivity index (χ3v) is 2.56. The second-order valence-electron chi connectivity index (χ2n) is 3.99. The van der Waals surface area contributed by atoms with Crippen molar-refractivity contribution in [2.24, 2.45) is 13.0 Å². The molecule has 0 aliphatic carbocycles. The van der Waals surface area contributed by atoms with E-state index in [0.717, 1.165) is 12.8 Å². The van der Waals surface area contributed by atoms with Crippen molar-refractivity contribution in [3.05, 3.63) is 16.9 Å².